The lowest BCUT2D eigenvalue weighted by molar-refractivity contribution is 0.394. The molecule has 10 heteroatoms. The SMILES string of the molecule is COc1cc(OC)cc(N(CCCc2nccc(OC)n2)c2ccc3ncc(-c4cnn(C)c4)nc3c2)c1. The van der Waals surface area contributed by atoms with Gasteiger partial charge in [-0.25, -0.2) is 9.97 Å². The molecular formula is C28H29N7O3. The average Bonchev–Trinajstić information content (AvgIpc) is 3.40. The van der Waals surface area contributed by atoms with Crippen molar-refractivity contribution in [2.24, 2.45) is 7.05 Å². The predicted molar refractivity (Wildman–Crippen MR) is 145 cm³/mol. The molecule has 0 fully saturated rings. The first-order chi connectivity index (χ1) is 18.6. The van der Waals surface area contributed by atoms with Crippen molar-refractivity contribution in [3.8, 4) is 28.6 Å². The Balaban J connectivity index is 1.50. The largest absolute Gasteiger partial charge is 0.497 e. The van der Waals surface area contributed by atoms with E-state index in [0.29, 0.717) is 30.3 Å². The highest BCUT2D eigenvalue weighted by atomic mass is 16.5. The average molecular weight is 512 g/mol. The number of ether oxygens (including phenoxy) is 3. The number of hydrogen-bond donors (Lipinski definition) is 0. The predicted octanol–water partition coefficient (Wildman–Crippen LogP) is 4.62. The summed E-state index contributed by atoms with van der Waals surface area (Å²) in [6.45, 7) is 0.693. The summed E-state index contributed by atoms with van der Waals surface area (Å²) in [6.07, 6.45) is 8.69. The minimum Gasteiger partial charge on any atom is -0.497 e. The highest BCUT2D eigenvalue weighted by Gasteiger charge is 2.15. The second-order valence-corrected chi connectivity index (χ2v) is 8.67. The zero-order chi connectivity index (χ0) is 26.5. The lowest BCUT2D eigenvalue weighted by Crippen LogP contribution is -2.19. The summed E-state index contributed by atoms with van der Waals surface area (Å²) in [7, 11) is 6.78. The van der Waals surface area contributed by atoms with E-state index in [1.54, 1.807) is 50.7 Å². The van der Waals surface area contributed by atoms with E-state index in [1.807, 2.05) is 37.5 Å². The van der Waals surface area contributed by atoms with E-state index in [1.165, 1.54) is 0 Å². The summed E-state index contributed by atoms with van der Waals surface area (Å²) in [6, 6.07) is 13.7. The Morgan fingerprint density at radius 2 is 1.63 bits per heavy atom. The molecule has 0 aliphatic heterocycles. The summed E-state index contributed by atoms with van der Waals surface area (Å²) in [5.41, 5.74) is 5.20. The molecular weight excluding hydrogens is 482 g/mol. The molecule has 0 aliphatic carbocycles. The molecule has 0 amide bonds. The van der Waals surface area contributed by atoms with E-state index in [-0.39, 0.29) is 0 Å². The van der Waals surface area contributed by atoms with Gasteiger partial charge in [-0.15, -0.1) is 0 Å². The van der Waals surface area contributed by atoms with E-state index in [0.717, 1.165) is 45.9 Å². The molecule has 0 unspecified atom stereocenters. The first-order valence-electron chi connectivity index (χ1n) is 12.2. The Morgan fingerprint density at radius 1 is 0.816 bits per heavy atom. The van der Waals surface area contributed by atoms with Crippen LogP contribution in [-0.2, 0) is 13.5 Å². The van der Waals surface area contributed by atoms with Crippen LogP contribution in [0.2, 0.25) is 0 Å². The van der Waals surface area contributed by atoms with Crippen LogP contribution in [-0.4, -0.2) is 57.6 Å². The maximum absolute atomic E-state index is 5.55. The standard InChI is InChI=1S/C28H29N7O3/c1-34-18-19(16-31-34)26-17-30-24-8-7-20(14-25(24)32-26)35(21-12-22(36-2)15-23(13-21)37-3)11-5-6-27-29-10-9-28(33-27)38-4/h7-10,12-18H,5-6,11H2,1-4H3. The number of fused-ring (bicyclic) bond motifs is 1. The highest BCUT2D eigenvalue weighted by molar-refractivity contribution is 5.82. The molecule has 0 bridgehead atoms. The molecule has 0 saturated carbocycles. The molecule has 0 aliphatic rings. The van der Waals surface area contributed by atoms with Crippen molar-refractivity contribution in [2.45, 2.75) is 12.8 Å². The normalized spacial score (nSPS) is 10.9. The second-order valence-electron chi connectivity index (χ2n) is 8.67. The first-order valence-corrected chi connectivity index (χ1v) is 12.2. The minimum atomic E-state index is 0.557. The fourth-order valence-electron chi connectivity index (χ4n) is 4.23. The van der Waals surface area contributed by atoms with Crippen LogP contribution in [0.25, 0.3) is 22.3 Å². The fourth-order valence-corrected chi connectivity index (χ4v) is 4.23. The lowest BCUT2D eigenvalue weighted by Gasteiger charge is -2.26. The van der Waals surface area contributed by atoms with Crippen LogP contribution in [0.4, 0.5) is 11.4 Å². The van der Waals surface area contributed by atoms with Gasteiger partial charge >= 0.3 is 0 Å². The fraction of sp³-hybridized carbons (Fsp3) is 0.250. The van der Waals surface area contributed by atoms with Crippen molar-refractivity contribution in [3.05, 3.63) is 73.1 Å². The maximum Gasteiger partial charge on any atom is 0.216 e. The monoisotopic (exact) mass is 511 g/mol. The van der Waals surface area contributed by atoms with E-state index in [4.69, 9.17) is 19.2 Å². The molecule has 38 heavy (non-hydrogen) atoms. The molecule has 3 aromatic heterocycles. The summed E-state index contributed by atoms with van der Waals surface area (Å²) in [5, 5.41) is 4.26. The summed E-state index contributed by atoms with van der Waals surface area (Å²) in [4.78, 5) is 20.6. The number of aryl methyl sites for hydroxylation is 2. The van der Waals surface area contributed by atoms with Gasteiger partial charge in [0.2, 0.25) is 5.88 Å². The van der Waals surface area contributed by atoms with Crippen molar-refractivity contribution >= 4 is 22.4 Å². The van der Waals surface area contributed by atoms with Gasteiger partial charge in [-0.2, -0.15) is 10.1 Å². The first kappa shape index (κ1) is 24.9. The zero-order valence-corrected chi connectivity index (χ0v) is 21.8. The highest BCUT2D eigenvalue weighted by Crippen LogP contribution is 2.34. The molecule has 194 valence electrons. The number of hydrogen-bond acceptors (Lipinski definition) is 9. The maximum atomic E-state index is 5.55. The third-order valence-electron chi connectivity index (χ3n) is 6.16. The second kappa shape index (κ2) is 11.1. The van der Waals surface area contributed by atoms with E-state index < -0.39 is 0 Å². The molecule has 0 N–H and O–H groups in total. The molecule has 5 aromatic rings. The van der Waals surface area contributed by atoms with Crippen molar-refractivity contribution in [3.63, 3.8) is 0 Å². The van der Waals surface area contributed by atoms with Gasteiger partial charge < -0.3 is 19.1 Å². The van der Waals surface area contributed by atoms with Gasteiger partial charge in [-0.3, -0.25) is 9.67 Å². The summed E-state index contributed by atoms with van der Waals surface area (Å²) >= 11 is 0. The Kier molecular flexibility index (Phi) is 7.30. The van der Waals surface area contributed by atoms with E-state index in [9.17, 15) is 0 Å². The van der Waals surface area contributed by atoms with Crippen LogP contribution >= 0.6 is 0 Å². The van der Waals surface area contributed by atoms with Crippen molar-refractivity contribution in [2.75, 3.05) is 32.8 Å². The van der Waals surface area contributed by atoms with Gasteiger partial charge in [0.25, 0.3) is 0 Å². The van der Waals surface area contributed by atoms with Gasteiger partial charge in [0.15, 0.2) is 0 Å². The molecule has 2 aromatic carbocycles. The molecule has 0 atom stereocenters. The van der Waals surface area contributed by atoms with Gasteiger partial charge in [0.1, 0.15) is 17.3 Å². The third kappa shape index (κ3) is 5.49. The van der Waals surface area contributed by atoms with Gasteiger partial charge in [0.05, 0.1) is 50.5 Å². The van der Waals surface area contributed by atoms with Crippen LogP contribution < -0.4 is 19.1 Å². The molecule has 5 rings (SSSR count). The molecule has 0 spiro atoms. The van der Waals surface area contributed by atoms with Crippen LogP contribution in [0.3, 0.4) is 0 Å². The van der Waals surface area contributed by atoms with Crippen molar-refractivity contribution in [1.82, 2.24) is 29.7 Å². The number of methoxy groups -OCH3 is 3. The van der Waals surface area contributed by atoms with Gasteiger partial charge in [-0.05, 0) is 24.6 Å². The molecule has 10 nitrogen and oxygen atoms in total. The smallest absolute Gasteiger partial charge is 0.216 e. The Bertz CT molecular complexity index is 1530. The Hall–Kier alpha value is -4.73. The van der Waals surface area contributed by atoms with Gasteiger partial charge in [-0.1, -0.05) is 0 Å². The molecule has 0 saturated heterocycles. The Labute approximate surface area is 220 Å². The summed E-state index contributed by atoms with van der Waals surface area (Å²) in [5.74, 6) is 2.71. The van der Waals surface area contributed by atoms with Crippen LogP contribution in [0.5, 0.6) is 17.4 Å². The van der Waals surface area contributed by atoms with E-state index in [2.05, 4.69) is 37.1 Å². The zero-order valence-electron chi connectivity index (χ0n) is 21.8. The minimum absolute atomic E-state index is 0.557. The van der Waals surface area contributed by atoms with Crippen LogP contribution in [0, 0.1) is 0 Å². The van der Waals surface area contributed by atoms with Crippen LogP contribution in [0.15, 0.2) is 67.3 Å². The number of nitrogens with zero attached hydrogens (tertiary/aromatic N) is 7. The number of rotatable bonds is 10. The molecule has 3 heterocycles. The molecule has 0 radical (unpaired) electrons. The third-order valence-corrected chi connectivity index (χ3v) is 6.16. The Morgan fingerprint density at radius 3 is 2.34 bits per heavy atom. The van der Waals surface area contributed by atoms with Crippen LogP contribution in [0.1, 0.15) is 12.2 Å². The quantitative estimate of drug-likeness (QED) is 0.266. The number of aromatic nitrogens is 6. The topological polar surface area (TPSA) is 100 Å². The summed E-state index contributed by atoms with van der Waals surface area (Å²) < 4.78 is 18.1. The van der Waals surface area contributed by atoms with E-state index >= 15 is 0 Å². The lowest BCUT2D eigenvalue weighted by atomic mass is 10.1. The number of anilines is 2. The number of benzene rings is 2. The van der Waals surface area contributed by atoms with Gasteiger partial charge in [0, 0.05) is 73.6 Å². The van der Waals surface area contributed by atoms with Crippen molar-refractivity contribution in [1.29, 1.82) is 0 Å². The van der Waals surface area contributed by atoms with Crippen molar-refractivity contribution < 1.29 is 14.2 Å².